The molecule has 19 heavy (non-hydrogen) atoms. The fourth-order valence-corrected chi connectivity index (χ4v) is 2.58. The Morgan fingerprint density at radius 1 is 1.16 bits per heavy atom. The van der Waals surface area contributed by atoms with Gasteiger partial charge in [-0.2, -0.15) is 0 Å². The van der Waals surface area contributed by atoms with Crippen LogP contribution in [-0.2, 0) is 4.79 Å². The highest BCUT2D eigenvalue weighted by Gasteiger charge is 2.25. The summed E-state index contributed by atoms with van der Waals surface area (Å²) in [5.74, 6) is 1.06. The molecule has 1 unspecified atom stereocenters. The minimum Gasteiger partial charge on any atom is -0.340 e. The molecule has 0 aromatic carbocycles. The largest absolute Gasteiger partial charge is 0.340 e. The first-order valence-electron chi connectivity index (χ1n) is 7.79. The van der Waals surface area contributed by atoms with Crippen molar-refractivity contribution in [1.82, 2.24) is 9.80 Å². The van der Waals surface area contributed by atoms with Gasteiger partial charge in [0.05, 0.1) is 5.92 Å². The van der Waals surface area contributed by atoms with Crippen molar-refractivity contribution in [3.05, 3.63) is 0 Å². The monoisotopic (exact) mass is 269 g/mol. The molecule has 1 rings (SSSR count). The van der Waals surface area contributed by atoms with Gasteiger partial charge in [-0.15, -0.1) is 0 Å². The third kappa shape index (κ3) is 5.49. The molecular weight excluding hydrogens is 238 g/mol. The van der Waals surface area contributed by atoms with Crippen molar-refractivity contribution >= 4 is 5.91 Å². The van der Waals surface area contributed by atoms with Gasteiger partial charge in [-0.3, -0.25) is 9.69 Å². The zero-order chi connectivity index (χ0) is 14.3. The molecule has 4 nitrogen and oxygen atoms in total. The van der Waals surface area contributed by atoms with Gasteiger partial charge in [-0.1, -0.05) is 27.2 Å². The molecule has 0 aliphatic carbocycles. The molecule has 1 atom stereocenters. The Hall–Kier alpha value is -0.610. The van der Waals surface area contributed by atoms with E-state index in [2.05, 4.69) is 25.7 Å². The number of hydrogen-bond donors (Lipinski definition) is 1. The summed E-state index contributed by atoms with van der Waals surface area (Å²) in [6.45, 7) is 12.1. The number of carbonyl (C=O) groups is 1. The Bertz CT molecular complexity index is 260. The lowest BCUT2D eigenvalue weighted by Gasteiger charge is -2.36. The first-order chi connectivity index (χ1) is 9.08. The van der Waals surface area contributed by atoms with Crippen LogP contribution in [0.5, 0.6) is 0 Å². The third-order valence-electron chi connectivity index (χ3n) is 3.98. The zero-order valence-electron chi connectivity index (χ0n) is 12.9. The molecular formula is C15H31N3O. The normalized spacial score (nSPS) is 18.9. The van der Waals surface area contributed by atoms with Gasteiger partial charge in [0.25, 0.3) is 0 Å². The summed E-state index contributed by atoms with van der Waals surface area (Å²) < 4.78 is 0. The van der Waals surface area contributed by atoms with Gasteiger partial charge in [0.2, 0.25) is 5.91 Å². The molecule has 0 bridgehead atoms. The van der Waals surface area contributed by atoms with E-state index in [-0.39, 0.29) is 11.8 Å². The standard InChI is InChI=1S/C15H31N3O/c1-4-5-14(12-16)15(19)18-10-8-17(9-11-18)7-6-13(2)3/h13-14H,4-12,16H2,1-3H3. The van der Waals surface area contributed by atoms with E-state index in [1.807, 2.05) is 4.90 Å². The molecule has 1 amide bonds. The van der Waals surface area contributed by atoms with Crippen molar-refractivity contribution in [3.63, 3.8) is 0 Å². The topological polar surface area (TPSA) is 49.6 Å². The average Bonchev–Trinajstić information content (AvgIpc) is 2.42. The molecule has 0 saturated carbocycles. The van der Waals surface area contributed by atoms with Crippen LogP contribution in [0.1, 0.15) is 40.0 Å². The molecule has 0 radical (unpaired) electrons. The van der Waals surface area contributed by atoms with Gasteiger partial charge in [0.1, 0.15) is 0 Å². The Morgan fingerprint density at radius 3 is 2.26 bits per heavy atom. The number of rotatable bonds is 7. The highest BCUT2D eigenvalue weighted by molar-refractivity contribution is 5.79. The summed E-state index contributed by atoms with van der Waals surface area (Å²) in [6, 6.07) is 0. The summed E-state index contributed by atoms with van der Waals surface area (Å²) in [4.78, 5) is 16.8. The molecule has 0 aromatic heterocycles. The fourth-order valence-electron chi connectivity index (χ4n) is 2.58. The van der Waals surface area contributed by atoms with Crippen LogP contribution in [-0.4, -0.2) is 55.0 Å². The van der Waals surface area contributed by atoms with Crippen molar-refractivity contribution in [2.24, 2.45) is 17.6 Å². The Kier molecular flexibility index (Phi) is 7.39. The van der Waals surface area contributed by atoms with Gasteiger partial charge in [0.15, 0.2) is 0 Å². The number of amides is 1. The van der Waals surface area contributed by atoms with Gasteiger partial charge >= 0.3 is 0 Å². The first kappa shape index (κ1) is 16.4. The molecule has 112 valence electrons. The number of carbonyl (C=O) groups excluding carboxylic acids is 1. The summed E-state index contributed by atoms with van der Waals surface area (Å²) in [5, 5.41) is 0. The molecule has 1 saturated heterocycles. The lowest BCUT2D eigenvalue weighted by molar-refractivity contribution is -0.137. The zero-order valence-corrected chi connectivity index (χ0v) is 12.9. The van der Waals surface area contributed by atoms with E-state index in [0.29, 0.717) is 6.54 Å². The van der Waals surface area contributed by atoms with Gasteiger partial charge in [-0.25, -0.2) is 0 Å². The van der Waals surface area contributed by atoms with E-state index in [1.54, 1.807) is 0 Å². The van der Waals surface area contributed by atoms with E-state index in [9.17, 15) is 4.79 Å². The van der Waals surface area contributed by atoms with E-state index < -0.39 is 0 Å². The summed E-state index contributed by atoms with van der Waals surface area (Å²) in [7, 11) is 0. The Labute approximate surface area is 118 Å². The Balaban J connectivity index is 2.34. The Morgan fingerprint density at radius 2 is 1.79 bits per heavy atom. The number of hydrogen-bond acceptors (Lipinski definition) is 3. The van der Waals surface area contributed by atoms with E-state index in [0.717, 1.165) is 51.5 Å². The molecule has 0 aromatic rings. The van der Waals surface area contributed by atoms with Gasteiger partial charge < -0.3 is 10.6 Å². The second-order valence-corrected chi connectivity index (χ2v) is 6.07. The van der Waals surface area contributed by atoms with Crippen LogP contribution in [0.15, 0.2) is 0 Å². The lowest BCUT2D eigenvalue weighted by Crippen LogP contribution is -2.51. The summed E-state index contributed by atoms with van der Waals surface area (Å²) >= 11 is 0. The maximum absolute atomic E-state index is 12.3. The van der Waals surface area contributed by atoms with Crippen molar-refractivity contribution in [1.29, 1.82) is 0 Å². The van der Waals surface area contributed by atoms with E-state index >= 15 is 0 Å². The number of nitrogens with two attached hydrogens (primary N) is 1. The minimum atomic E-state index is 0.0345. The predicted octanol–water partition coefficient (Wildman–Crippen LogP) is 1.55. The van der Waals surface area contributed by atoms with Crippen LogP contribution in [0.3, 0.4) is 0 Å². The summed E-state index contributed by atoms with van der Waals surface area (Å²) in [5.41, 5.74) is 5.72. The van der Waals surface area contributed by atoms with Crippen molar-refractivity contribution in [2.75, 3.05) is 39.3 Å². The van der Waals surface area contributed by atoms with Crippen LogP contribution >= 0.6 is 0 Å². The maximum atomic E-state index is 12.3. The number of nitrogens with zero attached hydrogens (tertiary/aromatic N) is 2. The van der Waals surface area contributed by atoms with Crippen LogP contribution < -0.4 is 5.73 Å². The second kappa shape index (κ2) is 8.54. The van der Waals surface area contributed by atoms with Crippen LogP contribution in [0.25, 0.3) is 0 Å². The molecule has 1 heterocycles. The first-order valence-corrected chi connectivity index (χ1v) is 7.79. The van der Waals surface area contributed by atoms with Crippen LogP contribution in [0.4, 0.5) is 0 Å². The van der Waals surface area contributed by atoms with E-state index in [4.69, 9.17) is 5.73 Å². The highest BCUT2D eigenvalue weighted by Crippen LogP contribution is 2.12. The molecule has 4 heteroatoms. The minimum absolute atomic E-state index is 0.0345. The number of piperazine rings is 1. The predicted molar refractivity (Wildman–Crippen MR) is 79.9 cm³/mol. The van der Waals surface area contributed by atoms with Gasteiger partial charge in [-0.05, 0) is 25.3 Å². The SMILES string of the molecule is CCCC(CN)C(=O)N1CCN(CCC(C)C)CC1. The molecule has 1 aliphatic rings. The van der Waals surface area contributed by atoms with Crippen molar-refractivity contribution in [3.8, 4) is 0 Å². The third-order valence-corrected chi connectivity index (χ3v) is 3.98. The fraction of sp³-hybridized carbons (Fsp3) is 0.933. The van der Waals surface area contributed by atoms with E-state index in [1.165, 1.54) is 6.42 Å². The quantitative estimate of drug-likeness (QED) is 0.763. The van der Waals surface area contributed by atoms with Crippen molar-refractivity contribution in [2.45, 2.75) is 40.0 Å². The molecule has 1 aliphatic heterocycles. The van der Waals surface area contributed by atoms with Crippen LogP contribution in [0, 0.1) is 11.8 Å². The summed E-state index contributed by atoms with van der Waals surface area (Å²) in [6.07, 6.45) is 3.19. The van der Waals surface area contributed by atoms with Gasteiger partial charge in [0, 0.05) is 32.7 Å². The maximum Gasteiger partial charge on any atom is 0.227 e. The second-order valence-electron chi connectivity index (χ2n) is 6.07. The molecule has 2 N–H and O–H groups in total. The average molecular weight is 269 g/mol. The molecule has 1 fully saturated rings. The lowest BCUT2D eigenvalue weighted by atomic mass is 10.0. The highest BCUT2D eigenvalue weighted by atomic mass is 16.2. The van der Waals surface area contributed by atoms with Crippen LogP contribution in [0.2, 0.25) is 0 Å². The molecule has 0 spiro atoms. The smallest absolute Gasteiger partial charge is 0.227 e. The van der Waals surface area contributed by atoms with Crippen molar-refractivity contribution < 1.29 is 4.79 Å².